The fourth-order valence-electron chi connectivity index (χ4n) is 9.78. The van der Waals surface area contributed by atoms with Crippen molar-refractivity contribution in [3.63, 3.8) is 0 Å². The number of hydrogen-bond donors (Lipinski definition) is 0. The lowest BCUT2D eigenvalue weighted by molar-refractivity contribution is -0.870. The second kappa shape index (κ2) is 75.6. The first-order chi connectivity index (χ1) is 47.6. The Morgan fingerprint density at radius 3 is 0.825 bits per heavy atom. The molecule has 0 radical (unpaired) electrons. The topological polar surface area (TPSA) is 111 Å². The maximum atomic E-state index is 13.0. The largest absolute Gasteiger partial charge is 0.545 e. The number of allylic oxidation sites excluding steroid dienone is 34. The molecule has 0 aliphatic heterocycles. The van der Waals surface area contributed by atoms with Crippen LogP contribution >= 0.6 is 0 Å². The number of quaternary nitrogens is 1. The summed E-state index contributed by atoms with van der Waals surface area (Å²) in [6.45, 7) is 4.49. The normalized spacial score (nSPS) is 13.9. The monoisotopic (exact) mass is 1340 g/mol. The van der Waals surface area contributed by atoms with Crippen LogP contribution in [-0.4, -0.2) is 82.3 Å². The second-order valence-corrected chi connectivity index (χ2v) is 25.8. The Morgan fingerprint density at radius 2 is 0.557 bits per heavy atom. The molecule has 0 aromatic carbocycles. The molecule has 2 unspecified atom stereocenters. The van der Waals surface area contributed by atoms with Crippen molar-refractivity contribution in [3.05, 3.63) is 207 Å². The van der Waals surface area contributed by atoms with Gasteiger partial charge in [0.2, 0.25) is 0 Å². The van der Waals surface area contributed by atoms with Crippen LogP contribution in [0.1, 0.15) is 271 Å². The van der Waals surface area contributed by atoms with Crippen molar-refractivity contribution in [3.8, 4) is 0 Å². The minimum absolute atomic E-state index is 0.135. The zero-order valence-corrected chi connectivity index (χ0v) is 62.1. The molecule has 0 aromatic rings. The first kappa shape index (κ1) is 90.9. The fourth-order valence-corrected chi connectivity index (χ4v) is 9.78. The predicted octanol–water partition coefficient (Wildman–Crippen LogP) is 23.4. The number of carbonyl (C=O) groups is 3. The van der Waals surface area contributed by atoms with E-state index in [9.17, 15) is 19.5 Å². The number of carboxylic acid groups (broad SMARTS) is 1. The molecule has 0 spiro atoms. The molecule has 0 amide bonds. The molecule has 0 saturated heterocycles. The number of esters is 2. The van der Waals surface area contributed by atoms with E-state index < -0.39 is 24.3 Å². The summed E-state index contributed by atoms with van der Waals surface area (Å²) in [5.74, 6) is -2.32. The van der Waals surface area contributed by atoms with Gasteiger partial charge in [-0.2, -0.15) is 0 Å². The molecule has 2 atom stereocenters. The first-order valence-electron chi connectivity index (χ1n) is 38.2. The van der Waals surface area contributed by atoms with E-state index >= 15 is 0 Å². The Bertz CT molecular complexity index is 2350. The van der Waals surface area contributed by atoms with Crippen molar-refractivity contribution in [1.82, 2.24) is 0 Å². The standard InChI is InChI=1S/C88H139NO8/c1-6-8-10-12-14-16-18-20-22-24-26-28-30-32-34-36-38-39-40-41-42-43-44-45-46-47-49-51-53-55-57-59-61-63-65-67-69-71-73-75-77-79-86(91)97-84(83-96-88(87(92)93)94-81-80-89(3,4)5)82-95-85(90)78-76-74-72-70-68-66-64-62-60-58-56-54-52-50-48-37-35-33-31-29-27-25-23-21-19-17-15-13-11-9-7-2/h8-11,14-17,20-23,26-29,32-35,38-39,41-42,44-45,47-50,53,55,59,61,84,88H,6-7,12-13,18-19,24-25,30-31,36-37,40,43,46,51-52,54,56-58,60,62-83H2,1-5H3/b10-8-,11-9-,16-14-,17-15-,22-20-,23-21-,28-26-,29-27-,34-32-,35-33-,39-38-,42-41-,45-44-,49-47-,50-48-,55-53-,61-59-. The Kier molecular flexibility index (Phi) is 70.9. The van der Waals surface area contributed by atoms with E-state index in [1.807, 2.05) is 21.1 Å². The van der Waals surface area contributed by atoms with Crippen molar-refractivity contribution in [2.45, 2.75) is 283 Å². The van der Waals surface area contributed by atoms with Crippen LogP contribution in [-0.2, 0) is 33.3 Å². The van der Waals surface area contributed by atoms with Crippen LogP contribution in [0.5, 0.6) is 0 Å². The molecule has 0 aliphatic rings. The lowest BCUT2D eigenvalue weighted by atomic mass is 10.0. The highest BCUT2D eigenvalue weighted by molar-refractivity contribution is 5.70. The molecule has 0 rings (SSSR count). The number of likely N-dealkylation sites (N-methyl/N-ethyl adjacent to an activating group) is 1. The minimum atomic E-state index is -1.64. The van der Waals surface area contributed by atoms with Crippen LogP contribution in [0.4, 0.5) is 0 Å². The lowest BCUT2D eigenvalue weighted by Gasteiger charge is -2.26. The van der Waals surface area contributed by atoms with E-state index in [0.29, 0.717) is 17.4 Å². The van der Waals surface area contributed by atoms with Gasteiger partial charge in [-0.05, 0) is 148 Å². The molecule has 0 heterocycles. The van der Waals surface area contributed by atoms with E-state index in [1.165, 1.54) is 70.6 Å². The zero-order chi connectivity index (χ0) is 70.4. The number of hydrogen-bond acceptors (Lipinski definition) is 8. The van der Waals surface area contributed by atoms with Gasteiger partial charge in [0, 0.05) is 12.8 Å². The third-order valence-electron chi connectivity index (χ3n) is 15.5. The average Bonchev–Trinajstić information content (AvgIpc) is 3.27. The summed E-state index contributed by atoms with van der Waals surface area (Å²) in [5, 5.41) is 11.9. The zero-order valence-electron chi connectivity index (χ0n) is 62.1. The molecule has 0 aromatic heterocycles. The second-order valence-electron chi connectivity index (χ2n) is 25.8. The lowest BCUT2D eigenvalue weighted by Crippen LogP contribution is -2.44. The summed E-state index contributed by atoms with van der Waals surface area (Å²) in [6.07, 6.45) is 115. The van der Waals surface area contributed by atoms with Crippen molar-refractivity contribution in [2.75, 3.05) is 47.5 Å². The molecule has 97 heavy (non-hydrogen) atoms. The van der Waals surface area contributed by atoms with Gasteiger partial charge in [0.15, 0.2) is 12.4 Å². The van der Waals surface area contributed by atoms with Crippen molar-refractivity contribution in [2.24, 2.45) is 0 Å². The number of carbonyl (C=O) groups excluding carboxylic acids is 3. The number of carboxylic acids is 1. The van der Waals surface area contributed by atoms with Crippen molar-refractivity contribution >= 4 is 17.9 Å². The van der Waals surface area contributed by atoms with Gasteiger partial charge in [-0.25, -0.2) is 0 Å². The van der Waals surface area contributed by atoms with Gasteiger partial charge in [0.25, 0.3) is 0 Å². The van der Waals surface area contributed by atoms with E-state index in [1.54, 1.807) is 0 Å². The molecular weight excluding hydrogens is 1200 g/mol. The minimum Gasteiger partial charge on any atom is -0.545 e. The van der Waals surface area contributed by atoms with E-state index in [0.717, 1.165) is 167 Å². The molecule has 0 aliphatic carbocycles. The number of rotatable bonds is 68. The van der Waals surface area contributed by atoms with Gasteiger partial charge in [0.1, 0.15) is 13.2 Å². The molecule has 9 heteroatoms. The molecule has 544 valence electrons. The number of nitrogens with zero attached hydrogens (tertiary/aromatic N) is 1. The van der Waals surface area contributed by atoms with Gasteiger partial charge in [-0.15, -0.1) is 0 Å². The summed E-state index contributed by atoms with van der Waals surface area (Å²) >= 11 is 0. The molecule has 0 bridgehead atoms. The smallest absolute Gasteiger partial charge is 0.306 e. The third-order valence-corrected chi connectivity index (χ3v) is 15.5. The Hall–Kier alpha value is -6.13. The predicted molar refractivity (Wildman–Crippen MR) is 416 cm³/mol. The SMILES string of the molecule is CC/C=C\C/C=C\C/C=C\C/C=C\C/C=C\C/C=C\C/C=C\C/C=C\C/C=C\C/C=C\C/C=C\CCCCCCCCCC(=O)OC(COC(=O)CCCCCCCCCCCCCC/C=C\C/C=C\C/C=C\C/C=C\C/C=C\C/C=C\CC)COC(OCC[N+](C)(C)C)C(=O)[O-]. The summed E-state index contributed by atoms with van der Waals surface area (Å²) in [6, 6.07) is 0. The van der Waals surface area contributed by atoms with E-state index in [2.05, 4.69) is 220 Å². The van der Waals surface area contributed by atoms with Gasteiger partial charge < -0.3 is 33.3 Å². The summed E-state index contributed by atoms with van der Waals surface area (Å²) in [7, 11) is 5.92. The average molecular weight is 1340 g/mol. The van der Waals surface area contributed by atoms with E-state index in [4.69, 9.17) is 18.9 Å². The Morgan fingerprint density at radius 1 is 0.309 bits per heavy atom. The number of aliphatic carboxylic acids is 1. The molecule has 0 saturated carbocycles. The number of ether oxygens (including phenoxy) is 4. The maximum Gasteiger partial charge on any atom is 0.306 e. The fraction of sp³-hybridized carbons (Fsp3) is 0.580. The van der Waals surface area contributed by atoms with Crippen LogP contribution in [0.25, 0.3) is 0 Å². The molecular formula is C88H139NO8. The Labute approximate surface area is 594 Å². The van der Waals surface area contributed by atoms with Gasteiger partial charge >= 0.3 is 11.9 Å². The molecule has 9 nitrogen and oxygen atoms in total. The van der Waals surface area contributed by atoms with Crippen molar-refractivity contribution < 1.29 is 42.9 Å². The Balaban J connectivity index is 4.19. The highest BCUT2D eigenvalue weighted by atomic mass is 16.7. The van der Waals surface area contributed by atoms with Gasteiger partial charge in [-0.3, -0.25) is 9.59 Å². The van der Waals surface area contributed by atoms with E-state index in [-0.39, 0.29) is 38.6 Å². The van der Waals surface area contributed by atoms with Crippen LogP contribution in [0, 0.1) is 0 Å². The first-order valence-corrected chi connectivity index (χ1v) is 38.2. The van der Waals surface area contributed by atoms with Crippen molar-refractivity contribution in [1.29, 1.82) is 0 Å². The van der Waals surface area contributed by atoms with Crippen LogP contribution in [0.15, 0.2) is 207 Å². The summed E-state index contributed by atoms with van der Waals surface area (Å²) in [5.41, 5.74) is 0. The maximum absolute atomic E-state index is 13.0. The molecule has 0 N–H and O–H groups in total. The van der Waals surface area contributed by atoms with Gasteiger partial charge in [0.05, 0.1) is 40.3 Å². The van der Waals surface area contributed by atoms with Crippen LogP contribution in [0.2, 0.25) is 0 Å². The summed E-state index contributed by atoms with van der Waals surface area (Å²) in [4.78, 5) is 37.6. The highest BCUT2D eigenvalue weighted by Gasteiger charge is 2.22. The van der Waals surface area contributed by atoms with Crippen LogP contribution < -0.4 is 5.11 Å². The summed E-state index contributed by atoms with van der Waals surface area (Å²) < 4.78 is 22.8. The third kappa shape index (κ3) is 77.1. The molecule has 0 fully saturated rings. The highest BCUT2D eigenvalue weighted by Crippen LogP contribution is 2.16. The van der Waals surface area contributed by atoms with Gasteiger partial charge in [-0.1, -0.05) is 317 Å². The quantitative estimate of drug-likeness (QED) is 0.0195. The van der Waals surface area contributed by atoms with Crippen LogP contribution in [0.3, 0.4) is 0 Å². The number of unbranched alkanes of at least 4 members (excludes halogenated alkanes) is 19.